The van der Waals surface area contributed by atoms with Gasteiger partial charge in [0.05, 0.1) is 5.69 Å². The van der Waals surface area contributed by atoms with Crippen molar-refractivity contribution in [3.63, 3.8) is 0 Å². The number of ether oxygens (including phenoxy) is 1. The molecule has 1 fully saturated rings. The first kappa shape index (κ1) is 19.8. The van der Waals surface area contributed by atoms with Gasteiger partial charge in [0.1, 0.15) is 11.6 Å². The lowest BCUT2D eigenvalue weighted by Gasteiger charge is -2.33. The number of halogens is 1. The molecule has 1 aliphatic rings. The number of anilines is 1. The summed E-state index contributed by atoms with van der Waals surface area (Å²) in [4.78, 5) is 29.2. The Kier molecular flexibility index (Phi) is 6.57. The lowest BCUT2D eigenvalue weighted by atomic mass is 9.92. The number of carbonyl (C=O) groups excluding carboxylic acids is 2. The molecule has 2 N–H and O–H groups in total. The zero-order valence-electron chi connectivity index (χ0n) is 15.6. The number of aromatic nitrogens is 1. The topological polar surface area (TPSA) is 85.5 Å². The number of esters is 1. The summed E-state index contributed by atoms with van der Waals surface area (Å²) < 4.78 is 17.9. The van der Waals surface area contributed by atoms with E-state index in [0.717, 1.165) is 49.4 Å². The molecule has 1 aromatic carbocycles. The Morgan fingerprint density at radius 2 is 1.86 bits per heavy atom. The van der Waals surface area contributed by atoms with E-state index >= 15 is 0 Å². The molecule has 0 radical (unpaired) electrons. The monoisotopic (exact) mass is 385 g/mol. The van der Waals surface area contributed by atoms with E-state index < -0.39 is 5.91 Å². The first-order valence-corrected chi connectivity index (χ1v) is 9.43. The van der Waals surface area contributed by atoms with E-state index in [1.807, 2.05) is 18.2 Å². The number of primary amides is 1. The third-order valence-corrected chi connectivity index (χ3v) is 4.95. The molecule has 148 valence electrons. The van der Waals surface area contributed by atoms with Crippen molar-refractivity contribution in [2.75, 3.05) is 24.6 Å². The van der Waals surface area contributed by atoms with Crippen molar-refractivity contribution in [1.82, 2.24) is 4.98 Å². The molecular formula is C21H24FN3O3. The number of nitrogens with two attached hydrogens (primary N) is 1. The van der Waals surface area contributed by atoms with Crippen molar-refractivity contribution in [2.45, 2.75) is 25.7 Å². The number of nitrogens with zero attached hydrogens (tertiary/aromatic N) is 2. The Morgan fingerprint density at radius 3 is 2.54 bits per heavy atom. The number of pyridine rings is 1. The van der Waals surface area contributed by atoms with Gasteiger partial charge < -0.3 is 15.4 Å². The maximum absolute atomic E-state index is 13.1. The number of rotatable bonds is 7. The van der Waals surface area contributed by atoms with Crippen molar-refractivity contribution in [2.24, 2.45) is 11.7 Å². The Labute approximate surface area is 163 Å². The fourth-order valence-corrected chi connectivity index (χ4v) is 3.38. The van der Waals surface area contributed by atoms with Crippen molar-refractivity contribution in [3.8, 4) is 11.3 Å². The quantitative estimate of drug-likeness (QED) is 0.741. The molecule has 7 heteroatoms. The van der Waals surface area contributed by atoms with Gasteiger partial charge in [0.15, 0.2) is 6.61 Å². The van der Waals surface area contributed by atoms with Crippen LogP contribution >= 0.6 is 0 Å². The molecule has 2 heterocycles. The molecular weight excluding hydrogens is 361 g/mol. The minimum atomic E-state index is -0.642. The van der Waals surface area contributed by atoms with Gasteiger partial charge >= 0.3 is 5.97 Å². The smallest absolute Gasteiger partial charge is 0.306 e. The van der Waals surface area contributed by atoms with E-state index in [1.54, 1.807) is 12.1 Å². The van der Waals surface area contributed by atoms with Crippen LogP contribution in [0.1, 0.15) is 25.7 Å². The highest BCUT2D eigenvalue weighted by atomic mass is 19.1. The third kappa shape index (κ3) is 5.52. The second kappa shape index (κ2) is 9.30. The largest absolute Gasteiger partial charge is 0.456 e. The van der Waals surface area contributed by atoms with Crippen LogP contribution < -0.4 is 10.6 Å². The molecule has 1 aromatic heterocycles. The van der Waals surface area contributed by atoms with Crippen LogP contribution in [-0.4, -0.2) is 36.6 Å². The summed E-state index contributed by atoms with van der Waals surface area (Å²) in [6.45, 7) is 1.37. The predicted molar refractivity (Wildman–Crippen MR) is 104 cm³/mol. The maximum atomic E-state index is 13.1. The highest BCUT2D eigenvalue weighted by Gasteiger charge is 2.21. The Balaban J connectivity index is 1.51. The second-order valence-electron chi connectivity index (χ2n) is 6.98. The normalized spacial score (nSPS) is 14.7. The SMILES string of the molecule is NC(=O)COC(=O)CCC1CCN(c2cccc(-c3ccc(F)cc3)n2)CC1. The zero-order chi connectivity index (χ0) is 19.9. The molecule has 28 heavy (non-hydrogen) atoms. The fraction of sp³-hybridized carbons (Fsp3) is 0.381. The molecule has 2 aromatic rings. The standard InChI is InChI=1S/C21H24FN3O3/c22-17-7-5-16(6-8-17)18-2-1-3-20(24-18)25-12-10-15(11-13-25)4-9-21(27)28-14-19(23)26/h1-3,5-8,15H,4,9-14H2,(H2,23,26). The molecule has 6 nitrogen and oxygen atoms in total. The second-order valence-corrected chi connectivity index (χ2v) is 6.98. The molecule has 0 spiro atoms. The van der Waals surface area contributed by atoms with Crippen molar-refractivity contribution < 1.29 is 18.7 Å². The molecule has 3 rings (SSSR count). The van der Waals surface area contributed by atoms with Crippen molar-refractivity contribution in [1.29, 1.82) is 0 Å². The van der Waals surface area contributed by atoms with Gasteiger partial charge in [-0.15, -0.1) is 0 Å². The van der Waals surface area contributed by atoms with E-state index in [9.17, 15) is 14.0 Å². The number of hydrogen-bond acceptors (Lipinski definition) is 5. The Hall–Kier alpha value is -2.96. The first-order valence-electron chi connectivity index (χ1n) is 9.43. The molecule has 0 saturated carbocycles. The summed E-state index contributed by atoms with van der Waals surface area (Å²) >= 11 is 0. The predicted octanol–water partition coefficient (Wildman–Crippen LogP) is 2.91. The molecule has 0 unspecified atom stereocenters. The Bertz CT molecular complexity index is 818. The summed E-state index contributed by atoms with van der Waals surface area (Å²) in [5.74, 6) is 0.0613. The van der Waals surface area contributed by atoms with Crippen LogP contribution in [-0.2, 0) is 14.3 Å². The lowest BCUT2D eigenvalue weighted by Crippen LogP contribution is -2.34. The van der Waals surface area contributed by atoms with Crippen LogP contribution in [0.15, 0.2) is 42.5 Å². The van der Waals surface area contributed by atoms with Gasteiger partial charge in [-0.2, -0.15) is 0 Å². The van der Waals surface area contributed by atoms with Crippen LogP contribution in [0.2, 0.25) is 0 Å². The molecule has 1 amide bonds. The van der Waals surface area contributed by atoms with E-state index in [0.29, 0.717) is 12.3 Å². The number of hydrogen-bond donors (Lipinski definition) is 1. The van der Waals surface area contributed by atoms with Gasteiger partial charge in [-0.05, 0) is 61.6 Å². The molecule has 1 saturated heterocycles. The molecule has 1 aliphatic heterocycles. The number of amides is 1. The van der Waals surface area contributed by atoms with Gasteiger partial charge in [0, 0.05) is 25.1 Å². The summed E-state index contributed by atoms with van der Waals surface area (Å²) in [5.41, 5.74) is 6.66. The van der Waals surface area contributed by atoms with E-state index in [-0.39, 0.29) is 18.4 Å². The van der Waals surface area contributed by atoms with Crippen LogP contribution in [0.5, 0.6) is 0 Å². The molecule has 0 bridgehead atoms. The summed E-state index contributed by atoms with van der Waals surface area (Å²) in [7, 11) is 0. The van der Waals surface area contributed by atoms with Crippen molar-refractivity contribution in [3.05, 3.63) is 48.3 Å². The summed E-state index contributed by atoms with van der Waals surface area (Å²) in [5, 5.41) is 0. The number of benzene rings is 1. The van der Waals surface area contributed by atoms with Gasteiger partial charge in [-0.25, -0.2) is 9.37 Å². The highest BCUT2D eigenvalue weighted by Crippen LogP contribution is 2.27. The Morgan fingerprint density at radius 1 is 1.14 bits per heavy atom. The number of carbonyl (C=O) groups is 2. The average Bonchev–Trinajstić information content (AvgIpc) is 2.72. The van der Waals surface area contributed by atoms with Gasteiger partial charge in [-0.1, -0.05) is 6.07 Å². The fourth-order valence-electron chi connectivity index (χ4n) is 3.38. The van der Waals surface area contributed by atoms with E-state index in [1.165, 1.54) is 12.1 Å². The van der Waals surface area contributed by atoms with Crippen LogP contribution in [0, 0.1) is 11.7 Å². The van der Waals surface area contributed by atoms with Crippen molar-refractivity contribution >= 4 is 17.7 Å². The number of piperidine rings is 1. The molecule has 0 atom stereocenters. The summed E-state index contributed by atoms with van der Waals surface area (Å²) in [6.07, 6.45) is 2.97. The first-order chi connectivity index (χ1) is 13.5. The van der Waals surface area contributed by atoms with E-state index in [4.69, 9.17) is 15.5 Å². The van der Waals surface area contributed by atoms with Crippen LogP contribution in [0.3, 0.4) is 0 Å². The average molecular weight is 385 g/mol. The van der Waals surface area contributed by atoms with Gasteiger partial charge in [0.25, 0.3) is 5.91 Å². The van der Waals surface area contributed by atoms with Gasteiger partial charge in [-0.3, -0.25) is 9.59 Å². The third-order valence-electron chi connectivity index (χ3n) is 4.95. The lowest BCUT2D eigenvalue weighted by molar-refractivity contribution is -0.148. The minimum absolute atomic E-state index is 0.263. The zero-order valence-corrected chi connectivity index (χ0v) is 15.6. The summed E-state index contributed by atoms with van der Waals surface area (Å²) in [6, 6.07) is 12.2. The highest BCUT2D eigenvalue weighted by molar-refractivity contribution is 5.78. The van der Waals surface area contributed by atoms with Gasteiger partial charge in [0.2, 0.25) is 0 Å². The molecule has 0 aliphatic carbocycles. The van der Waals surface area contributed by atoms with Crippen LogP contribution in [0.4, 0.5) is 10.2 Å². The maximum Gasteiger partial charge on any atom is 0.306 e. The van der Waals surface area contributed by atoms with E-state index in [2.05, 4.69) is 4.90 Å². The van der Waals surface area contributed by atoms with Crippen LogP contribution in [0.25, 0.3) is 11.3 Å². The minimum Gasteiger partial charge on any atom is -0.456 e.